The van der Waals surface area contributed by atoms with E-state index in [0.29, 0.717) is 0 Å². The van der Waals surface area contributed by atoms with E-state index in [1.54, 1.807) is 13.8 Å². The number of amides is 2. The topological polar surface area (TPSA) is 75.4 Å². The normalized spacial score (nSPS) is 24.9. The van der Waals surface area contributed by atoms with Crippen molar-refractivity contribution in [1.29, 1.82) is 0 Å². The number of hydrogen-bond acceptors (Lipinski definition) is 3. The zero-order valence-corrected chi connectivity index (χ0v) is 12.5. The van der Waals surface area contributed by atoms with Gasteiger partial charge in [-0.15, -0.1) is 0 Å². The summed E-state index contributed by atoms with van der Waals surface area (Å²) in [5.41, 5.74) is 5.60. The first-order valence-corrected chi connectivity index (χ1v) is 7.19. The van der Waals surface area contributed by atoms with Crippen LogP contribution in [-0.4, -0.2) is 40.9 Å². The van der Waals surface area contributed by atoms with E-state index in [4.69, 9.17) is 5.73 Å². The zero-order chi connectivity index (χ0) is 14.6. The zero-order valence-electron chi connectivity index (χ0n) is 12.5. The first kappa shape index (κ1) is 16.0. The minimum Gasteiger partial charge on any atom is -0.350 e. The number of nitrogens with one attached hydrogen (secondary N) is 1. The molecule has 0 aliphatic heterocycles. The average molecular weight is 269 g/mol. The molecule has 0 aromatic rings. The summed E-state index contributed by atoms with van der Waals surface area (Å²) < 4.78 is 0. The highest BCUT2D eigenvalue weighted by atomic mass is 16.2. The van der Waals surface area contributed by atoms with Gasteiger partial charge in [0.15, 0.2) is 0 Å². The summed E-state index contributed by atoms with van der Waals surface area (Å²) in [6.07, 6.45) is 4.05. The van der Waals surface area contributed by atoms with Crippen molar-refractivity contribution in [2.24, 2.45) is 5.73 Å². The third kappa shape index (κ3) is 4.20. The molecule has 0 radical (unpaired) electrons. The minimum atomic E-state index is -0.507. The van der Waals surface area contributed by atoms with Crippen LogP contribution in [0.1, 0.15) is 53.4 Å². The number of carbonyl (C=O) groups excluding carboxylic acids is 2. The lowest BCUT2D eigenvalue weighted by molar-refractivity contribution is -0.136. The molecule has 0 aromatic carbocycles. The molecule has 1 fully saturated rings. The summed E-state index contributed by atoms with van der Waals surface area (Å²) in [6, 6.07) is -0.241. The van der Waals surface area contributed by atoms with Crippen LogP contribution in [0.15, 0.2) is 0 Å². The van der Waals surface area contributed by atoms with Gasteiger partial charge >= 0.3 is 0 Å². The Labute approximate surface area is 115 Å². The van der Waals surface area contributed by atoms with Crippen molar-refractivity contribution >= 4 is 11.8 Å². The Morgan fingerprint density at radius 1 is 1.21 bits per heavy atom. The molecule has 2 amide bonds. The molecule has 1 aliphatic rings. The number of rotatable bonds is 4. The van der Waals surface area contributed by atoms with Gasteiger partial charge in [0.2, 0.25) is 11.8 Å². The molecule has 3 atom stereocenters. The summed E-state index contributed by atoms with van der Waals surface area (Å²) in [5, 5.41) is 3.00. The lowest BCUT2D eigenvalue weighted by Gasteiger charge is -2.42. The fourth-order valence-corrected chi connectivity index (χ4v) is 2.91. The third-order valence-electron chi connectivity index (χ3n) is 3.75. The van der Waals surface area contributed by atoms with E-state index in [2.05, 4.69) is 5.32 Å². The van der Waals surface area contributed by atoms with Crippen molar-refractivity contribution in [2.75, 3.05) is 0 Å². The minimum absolute atomic E-state index is 0.0264. The molecule has 0 bridgehead atoms. The molecule has 1 saturated carbocycles. The first-order chi connectivity index (χ1) is 8.84. The van der Waals surface area contributed by atoms with E-state index >= 15 is 0 Å². The first-order valence-electron chi connectivity index (χ1n) is 7.19. The molecule has 0 unspecified atom stereocenters. The molecule has 0 aromatic heterocycles. The van der Waals surface area contributed by atoms with Crippen LogP contribution in [0.3, 0.4) is 0 Å². The van der Waals surface area contributed by atoms with Crippen LogP contribution in [0.5, 0.6) is 0 Å². The molecule has 5 nitrogen and oxygen atoms in total. The van der Waals surface area contributed by atoms with E-state index in [1.165, 1.54) is 0 Å². The van der Waals surface area contributed by atoms with Gasteiger partial charge in [0, 0.05) is 19.0 Å². The lowest BCUT2D eigenvalue weighted by Crippen LogP contribution is -2.58. The molecule has 0 heterocycles. The predicted octanol–water partition coefficient (Wildman–Crippen LogP) is 1.02. The van der Waals surface area contributed by atoms with Crippen molar-refractivity contribution in [3.05, 3.63) is 0 Å². The van der Waals surface area contributed by atoms with Crippen LogP contribution in [0.2, 0.25) is 0 Å². The van der Waals surface area contributed by atoms with Crippen LogP contribution in [-0.2, 0) is 9.59 Å². The molecule has 110 valence electrons. The van der Waals surface area contributed by atoms with Gasteiger partial charge in [0.25, 0.3) is 0 Å². The maximum absolute atomic E-state index is 11.8. The van der Waals surface area contributed by atoms with Gasteiger partial charge in [-0.2, -0.15) is 0 Å². The van der Waals surface area contributed by atoms with Crippen LogP contribution < -0.4 is 11.1 Å². The smallest absolute Gasteiger partial charge is 0.236 e. The summed E-state index contributed by atoms with van der Waals surface area (Å²) in [4.78, 5) is 25.5. The Hall–Kier alpha value is -1.10. The molecule has 1 aliphatic carbocycles. The van der Waals surface area contributed by atoms with E-state index in [9.17, 15) is 9.59 Å². The van der Waals surface area contributed by atoms with Gasteiger partial charge in [0.05, 0.1) is 12.1 Å². The SMILES string of the molecule is CC(=O)N(C(C)C)[C@@H]1CCCC[C@@H]1NC(=O)[C@H](C)N. The Morgan fingerprint density at radius 2 is 1.79 bits per heavy atom. The molecule has 5 heteroatoms. The van der Waals surface area contributed by atoms with E-state index in [1.807, 2.05) is 18.7 Å². The maximum Gasteiger partial charge on any atom is 0.236 e. The maximum atomic E-state index is 11.8. The van der Waals surface area contributed by atoms with Crippen molar-refractivity contribution in [2.45, 2.75) is 77.5 Å². The Balaban J connectivity index is 2.81. The Morgan fingerprint density at radius 3 is 2.26 bits per heavy atom. The fourth-order valence-electron chi connectivity index (χ4n) is 2.91. The van der Waals surface area contributed by atoms with E-state index in [-0.39, 0.29) is 29.9 Å². The molecular weight excluding hydrogens is 242 g/mol. The highest BCUT2D eigenvalue weighted by Gasteiger charge is 2.34. The number of nitrogens with zero attached hydrogens (tertiary/aromatic N) is 1. The van der Waals surface area contributed by atoms with Crippen molar-refractivity contribution in [3.8, 4) is 0 Å². The van der Waals surface area contributed by atoms with E-state index < -0.39 is 6.04 Å². The van der Waals surface area contributed by atoms with Gasteiger partial charge in [-0.1, -0.05) is 12.8 Å². The standard InChI is InChI=1S/C14H27N3O2/c1-9(2)17(11(4)18)13-8-6-5-7-12(13)16-14(19)10(3)15/h9-10,12-13H,5-8,15H2,1-4H3,(H,16,19)/t10-,12-,13+/m0/s1. The monoisotopic (exact) mass is 269 g/mol. The van der Waals surface area contributed by atoms with Crippen molar-refractivity contribution < 1.29 is 9.59 Å². The van der Waals surface area contributed by atoms with Gasteiger partial charge in [-0.25, -0.2) is 0 Å². The summed E-state index contributed by atoms with van der Waals surface area (Å²) in [7, 11) is 0. The summed E-state index contributed by atoms with van der Waals surface area (Å²) >= 11 is 0. The molecule has 1 rings (SSSR count). The fraction of sp³-hybridized carbons (Fsp3) is 0.857. The van der Waals surface area contributed by atoms with Crippen LogP contribution in [0, 0.1) is 0 Å². The lowest BCUT2D eigenvalue weighted by atomic mass is 9.88. The number of nitrogens with two attached hydrogens (primary N) is 1. The van der Waals surface area contributed by atoms with Gasteiger partial charge in [0.1, 0.15) is 0 Å². The second-order valence-corrected chi connectivity index (χ2v) is 5.78. The second-order valence-electron chi connectivity index (χ2n) is 5.78. The molecular formula is C14H27N3O2. The molecule has 0 saturated heterocycles. The molecule has 3 N–H and O–H groups in total. The van der Waals surface area contributed by atoms with Gasteiger partial charge in [-0.05, 0) is 33.6 Å². The average Bonchev–Trinajstić information content (AvgIpc) is 2.30. The number of hydrogen-bond donors (Lipinski definition) is 2. The second kappa shape index (κ2) is 6.89. The predicted molar refractivity (Wildman–Crippen MR) is 75.5 cm³/mol. The van der Waals surface area contributed by atoms with Crippen molar-refractivity contribution in [3.63, 3.8) is 0 Å². The van der Waals surface area contributed by atoms with Gasteiger partial charge < -0.3 is 16.0 Å². The Bertz CT molecular complexity index is 329. The number of carbonyl (C=O) groups is 2. The third-order valence-corrected chi connectivity index (χ3v) is 3.75. The molecule has 19 heavy (non-hydrogen) atoms. The van der Waals surface area contributed by atoms with Crippen LogP contribution >= 0.6 is 0 Å². The van der Waals surface area contributed by atoms with Crippen LogP contribution in [0.25, 0.3) is 0 Å². The quantitative estimate of drug-likeness (QED) is 0.800. The van der Waals surface area contributed by atoms with Gasteiger partial charge in [-0.3, -0.25) is 9.59 Å². The van der Waals surface area contributed by atoms with E-state index in [0.717, 1.165) is 25.7 Å². The summed E-state index contributed by atoms with van der Waals surface area (Å²) in [5.74, 6) is -0.0638. The van der Waals surface area contributed by atoms with Crippen LogP contribution in [0.4, 0.5) is 0 Å². The summed E-state index contributed by atoms with van der Waals surface area (Å²) in [6.45, 7) is 7.30. The van der Waals surface area contributed by atoms with Crippen molar-refractivity contribution in [1.82, 2.24) is 10.2 Å². The molecule has 0 spiro atoms. The highest BCUT2D eigenvalue weighted by molar-refractivity contribution is 5.81. The largest absolute Gasteiger partial charge is 0.350 e. The Kier molecular flexibility index (Phi) is 5.79. The highest BCUT2D eigenvalue weighted by Crippen LogP contribution is 2.25.